The third-order valence-corrected chi connectivity index (χ3v) is 4.87. The Morgan fingerprint density at radius 1 is 1.30 bits per heavy atom. The molecule has 4 rings (SSSR count). The second-order valence-corrected chi connectivity index (χ2v) is 7.11. The van der Waals surface area contributed by atoms with E-state index in [9.17, 15) is 9.59 Å². The van der Waals surface area contributed by atoms with Gasteiger partial charge in [-0.2, -0.15) is 0 Å². The molecule has 0 fully saturated rings. The van der Waals surface area contributed by atoms with E-state index in [1.165, 1.54) is 24.9 Å². The molecule has 0 saturated carbocycles. The number of nitrogens with zero attached hydrogens (tertiary/aromatic N) is 2. The van der Waals surface area contributed by atoms with Crippen molar-refractivity contribution < 1.29 is 19.1 Å². The fraction of sp³-hybridized carbons (Fsp3) is 0.176. The number of aromatic amines is 1. The molecule has 0 aliphatic carbocycles. The number of hydrogen-bond acceptors (Lipinski definition) is 7. The Hall–Kier alpha value is -2.78. The van der Waals surface area contributed by atoms with Crippen LogP contribution in [-0.2, 0) is 4.79 Å². The Labute approximate surface area is 162 Å². The first-order chi connectivity index (χ1) is 13.0. The molecule has 1 aliphatic rings. The molecule has 0 radical (unpaired) electrons. The van der Waals surface area contributed by atoms with Crippen molar-refractivity contribution in [3.05, 3.63) is 35.0 Å². The molecule has 2 N–H and O–H groups in total. The molecule has 3 heterocycles. The SMILES string of the molecule is CC(=O)c1cc2c(cc1NC(=O)CSc1nc3ncc(Cl)cc3[nH]1)OCO2. The summed E-state index contributed by atoms with van der Waals surface area (Å²) in [6, 6.07) is 4.88. The first-order valence-corrected chi connectivity index (χ1v) is 9.24. The summed E-state index contributed by atoms with van der Waals surface area (Å²) < 4.78 is 10.6. The summed E-state index contributed by atoms with van der Waals surface area (Å²) in [4.78, 5) is 35.7. The number of anilines is 1. The second kappa shape index (κ2) is 7.09. The number of hydrogen-bond donors (Lipinski definition) is 2. The fourth-order valence-electron chi connectivity index (χ4n) is 2.58. The van der Waals surface area contributed by atoms with Gasteiger partial charge in [-0.3, -0.25) is 9.59 Å². The van der Waals surface area contributed by atoms with Gasteiger partial charge < -0.3 is 19.8 Å². The molecular formula is C17H13ClN4O4S. The summed E-state index contributed by atoms with van der Waals surface area (Å²) >= 11 is 7.11. The fourth-order valence-corrected chi connectivity index (χ4v) is 3.41. The zero-order chi connectivity index (χ0) is 19.0. The predicted octanol–water partition coefficient (Wildman–Crippen LogP) is 3.27. The number of imidazole rings is 1. The molecule has 8 nitrogen and oxygen atoms in total. The van der Waals surface area contributed by atoms with E-state index in [1.54, 1.807) is 18.2 Å². The van der Waals surface area contributed by atoms with Crippen molar-refractivity contribution in [2.24, 2.45) is 0 Å². The van der Waals surface area contributed by atoms with Gasteiger partial charge in [0.1, 0.15) is 0 Å². The molecule has 10 heteroatoms. The van der Waals surface area contributed by atoms with Crippen molar-refractivity contribution in [1.29, 1.82) is 0 Å². The van der Waals surface area contributed by atoms with Crippen LogP contribution < -0.4 is 14.8 Å². The normalized spacial score (nSPS) is 12.4. The molecule has 1 amide bonds. The highest BCUT2D eigenvalue weighted by atomic mass is 35.5. The van der Waals surface area contributed by atoms with Gasteiger partial charge in [0.25, 0.3) is 0 Å². The average Bonchev–Trinajstić information content (AvgIpc) is 3.24. The molecule has 0 spiro atoms. The molecule has 2 aromatic heterocycles. The quantitative estimate of drug-likeness (QED) is 0.496. The molecule has 0 bridgehead atoms. The third kappa shape index (κ3) is 3.69. The van der Waals surface area contributed by atoms with Crippen LogP contribution in [0.25, 0.3) is 11.2 Å². The summed E-state index contributed by atoms with van der Waals surface area (Å²) in [6.45, 7) is 1.51. The van der Waals surface area contributed by atoms with Crippen molar-refractivity contribution in [2.75, 3.05) is 17.9 Å². The highest BCUT2D eigenvalue weighted by Gasteiger charge is 2.20. The molecule has 0 atom stereocenters. The lowest BCUT2D eigenvalue weighted by molar-refractivity contribution is -0.113. The lowest BCUT2D eigenvalue weighted by Crippen LogP contribution is -2.16. The average molecular weight is 405 g/mol. The first kappa shape index (κ1) is 17.6. The van der Waals surface area contributed by atoms with Gasteiger partial charge >= 0.3 is 0 Å². The Kier molecular flexibility index (Phi) is 4.63. The zero-order valence-corrected chi connectivity index (χ0v) is 15.6. The van der Waals surface area contributed by atoms with E-state index in [0.717, 1.165) is 0 Å². The molecule has 1 aliphatic heterocycles. The number of pyridine rings is 1. The Balaban J connectivity index is 1.46. The number of amides is 1. The monoisotopic (exact) mass is 404 g/mol. The number of H-pyrrole nitrogens is 1. The summed E-state index contributed by atoms with van der Waals surface area (Å²) in [5, 5.41) is 3.79. The first-order valence-electron chi connectivity index (χ1n) is 7.88. The number of carbonyl (C=O) groups is 2. The number of Topliss-reactive ketones (excluding diaryl/α,β-unsaturated/α-hetero) is 1. The summed E-state index contributed by atoms with van der Waals surface area (Å²) in [7, 11) is 0. The molecule has 1 aromatic carbocycles. The number of aromatic nitrogens is 3. The maximum Gasteiger partial charge on any atom is 0.234 e. The van der Waals surface area contributed by atoms with E-state index < -0.39 is 0 Å². The smallest absolute Gasteiger partial charge is 0.234 e. The summed E-state index contributed by atoms with van der Waals surface area (Å²) in [5.41, 5.74) is 1.97. The van der Waals surface area contributed by atoms with Gasteiger partial charge in [0.2, 0.25) is 12.7 Å². The molecular weight excluding hydrogens is 392 g/mol. The molecule has 0 unspecified atom stereocenters. The Morgan fingerprint density at radius 3 is 2.85 bits per heavy atom. The topological polar surface area (TPSA) is 106 Å². The van der Waals surface area contributed by atoms with Gasteiger partial charge in [0.15, 0.2) is 28.1 Å². The highest BCUT2D eigenvalue weighted by molar-refractivity contribution is 7.99. The number of thioether (sulfide) groups is 1. The van der Waals surface area contributed by atoms with Crippen molar-refractivity contribution in [3.63, 3.8) is 0 Å². The van der Waals surface area contributed by atoms with Crippen molar-refractivity contribution in [2.45, 2.75) is 12.1 Å². The summed E-state index contributed by atoms with van der Waals surface area (Å²) in [6.07, 6.45) is 1.51. The van der Waals surface area contributed by atoms with Crippen molar-refractivity contribution in [1.82, 2.24) is 15.0 Å². The number of halogens is 1. The number of ether oxygens (including phenoxy) is 2. The number of carbonyl (C=O) groups excluding carboxylic acids is 2. The van der Waals surface area contributed by atoms with E-state index in [1.807, 2.05) is 0 Å². The van der Waals surface area contributed by atoms with Crippen LogP contribution in [0.3, 0.4) is 0 Å². The third-order valence-electron chi connectivity index (χ3n) is 3.79. The minimum absolute atomic E-state index is 0.0873. The van der Waals surface area contributed by atoms with Crippen LogP contribution in [0.2, 0.25) is 5.02 Å². The molecule has 3 aromatic rings. The standard InChI is InChI=1S/C17H13ClN4O4S/c1-8(23)10-3-13-14(26-7-25-13)4-11(10)20-15(24)6-27-17-21-12-2-9(18)5-19-16(12)22-17/h2-5H,6-7H2,1H3,(H,20,24)(H,19,21,22). The lowest BCUT2D eigenvalue weighted by atomic mass is 10.1. The van der Waals surface area contributed by atoms with E-state index >= 15 is 0 Å². The second-order valence-electron chi connectivity index (χ2n) is 5.71. The predicted molar refractivity (Wildman–Crippen MR) is 101 cm³/mol. The zero-order valence-electron chi connectivity index (χ0n) is 14.0. The van der Waals surface area contributed by atoms with Crippen LogP contribution in [0.15, 0.2) is 29.6 Å². The maximum absolute atomic E-state index is 12.3. The molecule has 138 valence electrons. The minimum Gasteiger partial charge on any atom is -0.454 e. The van der Waals surface area contributed by atoms with Crippen LogP contribution >= 0.6 is 23.4 Å². The minimum atomic E-state index is -0.284. The van der Waals surface area contributed by atoms with Crippen LogP contribution in [0, 0.1) is 0 Å². The summed E-state index contributed by atoms with van der Waals surface area (Å²) in [5.74, 6) is 0.604. The van der Waals surface area contributed by atoms with E-state index in [-0.39, 0.29) is 24.2 Å². The lowest BCUT2D eigenvalue weighted by Gasteiger charge is -2.10. The van der Waals surface area contributed by atoms with Gasteiger partial charge in [-0.25, -0.2) is 9.97 Å². The van der Waals surface area contributed by atoms with Crippen LogP contribution in [0.4, 0.5) is 5.69 Å². The number of ketones is 1. The van der Waals surface area contributed by atoms with E-state index in [4.69, 9.17) is 21.1 Å². The maximum atomic E-state index is 12.3. The van der Waals surface area contributed by atoms with Crippen LogP contribution in [0.1, 0.15) is 17.3 Å². The van der Waals surface area contributed by atoms with E-state index in [0.29, 0.717) is 44.1 Å². The van der Waals surface area contributed by atoms with Gasteiger partial charge in [0, 0.05) is 17.8 Å². The van der Waals surface area contributed by atoms with Gasteiger partial charge in [0.05, 0.1) is 22.0 Å². The Morgan fingerprint density at radius 2 is 2.07 bits per heavy atom. The van der Waals surface area contributed by atoms with E-state index in [2.05, 4.69) is 20.3 Å². The number of nitrogens with one attached hydrogen (secondary N) is 2. The van der Waals surface area contributed by atoms with Crippen molar-refractivity contribution in [3.8, 4) is 11.5 Å². The number of rotatable bonds is 5. The van der Waals surface area contributed by atoms with Gasteiger partial charge in [-0.15, -0.1) is 0 Å². The largest absolute Gasteiger partial charge is 0.454 e. The number of fused-ring (bicyclic) bond motifs is 2. The van der Waals surface area contributed by atoms with Crippen LogP contribution in [0.5, 0.6) is 11.5 Å². The Bertz CT molecular complexity index is 1070. The van der Waals surface area contributed by atoms with Crippen molar-refractivity contribution >= 4 is 51.9 Å². The van der Waals surface area contributed by atoms with Gasteiger partial charge in [-0.1, -0.05) is 23.4 Å². The van der Waals surface area contributed by atoms with Crippen LogP contribution in [-0.4, -0.2) is 39.2 Å². The molecule has 0 saturated heterocycles. The number of benzene rings is 1. The molecule has 27 heavy (non-hydrogen) atoms. The van der Waals surface area contributed by atoms with Gasteiger partial charge in [-0.05, 0) is 19.1 Å². The highest BCUT2D eigenvalue weighted by Crippen LogP contribution is 2.37.